The molecule has 1 fully saturated rings. The van der Waals surface area contributed by atoms with Crippen LogP contribution in [-0.4, -0.2) is 61.0 Å². The normalized spacial score (nSPS) is 15.8. The molecule has 4 heterocycles. The number of amides is 2. The first-order valence-electron chi connectivity index (χ1n) is 11.6. The quantitative estimate of drug-likeness (QED) is 0.494. The summed E-state index contributed by atoms with van der Waals surface area (Å²) in [5.41, 5.74) is 0.998. The second kappa shape index (κ2) is 10.9. The van der Waals surface area contributed by atoms with Crippen LogP contribution in [0, 0.1) is 6.92 Å². The van der Waals surface area contributed by atoms with Crippen LogP contribution >= 0.6 is 11.5 Å². The number of hydrogen-bond donors (Lipinski definition) is 2. The van der Waals surface area contributed by atoms with Crippen LogP contribution in [0.5, 0.6) is 5.88 Å². The molecule has 1 aliphatic heterocycles. The number of hydrogen-bond acceptors (Lipinski definition) is 10. The first kappa shape index (κ1) is 25.3. The van der Waals surface area contributed by atoms with E-state index in [1.165, 1.54) is 17.7 Å². The van der Waals surface area contributed by atoms with Crippen molar-refractivity contribution in [2.75, 3.05) is 23.7 Å². The van der Waals surface area contributed by atoms with Crippen LogP contribution in [0.15, 0.2) is 36.9 Å². The number of rotatable bonds is 6. The van der Waals surface area contributed by atoms with Crippen molar-refractivity contribution in [1.82, 2.24) is 24.2 Å². The Kier molecular flexibility index (Phi) is 7.63. The van der Waals surface area contributed by atoms with Gasteiger partial charge < -0.3 is 25.0 Å². The minimum absolute atomic E-state index is 0.187. The topological polar surface area (TPSA) is 131 Å². The highest BCUT2D eigenvalue weighted by Crippen LogP contribution is 2.28. The lowest BCUT2D eigenvalue weighted by atomic mass is 10.1. The standard InChI is InChI=1S/C24H29N7O4S/c1-15-20(22(36-30-15)29-18-13-25-9-10-26-18)21(32)28-16-7-8-19(27-12-16)34-17-6-5-11-31(14-17)23(33)35-24(2,3)4/h7-10,12-13,17H,5-6,11,14H2,1-4H3,(H,26,29)(H,28,32). The summed E-state index contributed by atoms with van der Waals surface area (Å²) in [6.07, 6.45) is 7.34. The smallest absolute Gasteiger partial charge is 0.410 e. The molecule has 2 amide bonds. The molecular formula is C24H29N7O4S. The van der Waals surface area contributed by atoms with Crippen molar-refractivity contribution in [3.8, 4) is 5.88 Å². The number of nitrogens with one attached hydrogen (secondary N) is 2. The molecule has 190 valence electrons. The van der Waals surface area contributed by atoms with Gasteiger partial charge >= 0.3 is 6.09 Å². The average molecular weight is 512 g/mol. The minimum atomic E-state index is -0.545. The molecule has 0 radical (unpaired) electrons. The highest BCUT2D eigenvalue weighted by Gasteiger charge is 2.29. The molecule has 4 rings (SSSR count). The number of nitrogens with zero attached hydrogens (tertiary/aromatic N) is 5. The Hall–Kier alpha value is -3.80. The molecule has 3 aromatic heterocycles. The number of aromatic nitrogens is 4. The fraction of sp³-hybridized carbons (Fsp3) is 0.417. The van der Waals surface area contributed by atoms with Crippen molar-refractivity contribution in [1.29, 1.82) is 0 Å². The monoisotopic (exact) mass is 511 g/mol. The number of carbonyl (C=O) groups excluding carboxylic acids is 2. The molecule has 11 nitrogen and oxygen atoms in total. The summed E-state index contributed by atoms with van der Waals surface area (Å²) >= 11 is 1.17. The third-order valence-corrected chi connectivity index (χ3v) is 6.06. The van der Waals surface area contributed by atoms with E-state index in [0.717, 1.165) is 12.8 Å². The van der Waals surface area contributed by atoms with Gasteiger partial charge in [0.05, 0.1) is 35.9 Å². The molecule has 0 aliphatic carbocycles. The van der Waals surface area contributed by atoms with Crippen molar-refractivity contribution in [2.45, 2.75) is 52.2 Å². The third kappa shape index (κ3) is 6.66. The Morgan fingerprint density at radius 3 is 2.69 bits per heavy atom. The van der Waals surface area contributed by atoms with E-state index in [4.69, 9.17) is 9.47 Å². The van der Waals surface area contributed by atoms with Gasteiger partial charge in [0, 0.05) is 25.0 Å². The van der Waals surface area contributed by atoms with Gasteiger partial charge in [-0.3, -0.25) is 9.78 Å². The maximum absolute atomic E-state index is 13.0. The Balaban J connectivity index is 1.35. The van der Waals surface area contributed by atoms with Gasteiger partial charge in [-0.1, -0.05) is 0 Å². The van der Waals surface area contributed by atoms with Gasteiger partial charge in [0.2, 0.25) is 5.88 Å². The van der Waals surface area contributed by atoms with E-state index in [9.17, 15) is 9.59 Å². The van der Waals surface area contributed by atoms with Crippen LogP contribution < -0.4 is 15.4 Å². The molecule has 3 aromatic rings. The molecule has 1 unspecified atom stereocenters. The largest absolute Gasteiger partial charge is 0.472 e. The molecule has 1 atom stereocenters. The van der Waals surface area contributed by atoms with Crippen molar-refractivity contribution in [3.05, 3.63) is 48.2 Å². The van der Waals surface area contributed by atoms with Crippen LogP contribution in [0.4, 0.5) is 21.3 Å². The molecule has 1 aliphatic rings. The summed E-state index contributed by atoms with van der Waals surface area (Å²) in [7, 11) is 0. The van der Waals surface area contributed by atoms with E-state index >= 15 is 0 Å². The van der Waals surface area contributed by atoms with Gasteiger partial charge in [-0.25, -0.2) is 14.8 Å². The predicted molar refractivity (Wildman–Crippen MR) is 136 cm³/mol. The average Bonchev–Trinajstić information content (AvgIpc) is 3.20. The molecular weight excluding hydrogens is 482 g/mol. The summed E-state index contributed by atoms with van der Waals surface area (Å²) in [5, 5.41) is 6.51. The van der Waals surface area contributed by atoms with E-state index in [1.807, 2.05) is 20.8 Å². The SMILES string of the molecule is Cc1nsc(Nc2cnccn2)c1C(=O)Nc1ccc(OC2CCCN(C(=O)OC(C)(C)C)C2)nc1. The lowest BCUT2D eigenvalue weighted by molar-refractivity contribution is 0.00722. The molecule has 36 heavy (non-hydrogen) atoms. The summed E-state index contributed by atoms with van der Waals surface area (Å²) in [5.74, 6) is 0.622. The van der Waals surface area contributed by atoms with E-state index in [-0.39, 0.29) is 18.1 Å². The Morgan fingerprint density at radius 1 is 1.17 bits per heavy atom. The zero-order chi connectivity index (χ0) is 25.7. The zero-order valence-corrected chi connectivity index (χ0v) is 21.5. The lowest BCUT2D eigenvalue weighted by Crippen LogP contribution is -2.46. The number of ether oxygens (including phenoxy) is 2. The van der Waals surface area contributed by atoms with E-state index in [1.54, 1.807) is 42.5 Å². The van der Waals surface area contributed by atoms with Crippen molar-refractivity contribution < 1.29 is 19.1 Å². The van der Waals surface area contributed by atoms with Gasteiger partial charge in [0.25, 0.3) is 5.91 Å². The summed E-state index contributed by atoms with van der Waals surface area (Å²) in [6.45, 7) is 8.38. The fourth-order valence-electron chi connectivity index (χ4n) is 3.62. The Bertz CT molecular complexity index is 1200. The third-order valence-electron chi connectivity index (χ3n) is 5.21. The van der Waals surface area contributed by atoms with Crippen LogP contribution in [-0.2, 0) is 4.74 Å². The number of pyridine rings is 1. The van der Waals surface area contributed by atoms with Gasteiger partial charge in [0.15, 0.2) is 0 Å². The van der Waals surface area contributed by atoms with Gasteiger partial charge in [-0.05, 0) is 58.1 Å². The molecule has 0 saturated carbocycles. The van der Waals surface area contributed by atoms with E-state index in [2.05, 4.69) is 30.0 Å². The van der Waals surface area contributed by atoms with Crippen molar-refractivity contribution in [3.63, 3.8) is 0 Å². The molecule has 0 aromatic carbocycles. The number of piperidine rings is 1. The molecule has 0 bridgehead atoms. The maximum atomic E-state index is 13.0. The summed E-state index contributed by atoms with van der Waals surface area (Å²) in [4.78, 5) is 39.6. The second-order valence-electron chi connectivity index (χ2n) is 9.34. The van der Waals surface area contributed by atoms with Crippen molar-refractivity contribution >= 4 is 40.0 Å². The first-order chi connectivity index (χ1) is 17.2. The van der Waals surface area contributed by atoms with Gasteiger partial charge in [-0.2, -0.15) is 4.37 Å². The summed E-state index contributed by atoms with van der Waals surface area (Å²) < 4.78 is 15.8. The number of likely N-dealkylation sites (tertiary alicyclic amines) is 1. The number of aryl methyl sites for hydroxylation is 1. The van der Waals surface area contributed by atoms with Crippen LogP contribution in [0.2, 0.25) is 0 Å². The highest BCUT2D eigenvalue weighted by atomic mass is 32.1. The number of anilines is 3. The molecule has 2 N–H and O–H groups in total. The first-order valence-corrected chi connectivity index (χ1v) is 12.4. The van der Waals surface area contributed by atoms with E-state index < -0.39 is 5.60 Å². The lowest BCUT2D eigenvalue weighted by Gasteiger charge is -2.33. The highest BCUT2D eigenvalue weighted by molar-refractivity contribution is 7.10. The van der Waals surface area contributed by atoms with Crippen molar-refractivity contribution in [2.24, 2.45) is 0 Å². The van der Waals surface area contributed by atoms with Crippen LogP contribution in [0.25, 0.3) is 0 Å². The van der Waals surface area contributed by atoms with Crippen LogP contribution in [0.1, 0.15) is 49.7 Å². The van der Waals surface area contributed by atoms with Crippen LogP contribution in [0.3, 0.4) is 0 Å². The van der Waals surface area contributed by atoms with Gasteiger partial charge in [0.1, 0.15) is 22.5 Å². The zero-order valence-electron chi connectivity index (χ0n) is 20.6. The summed E-state index contributed by atoms with van der Waals surface area (Å²) in [6, 6.07) is 3.42. The minimum Gasteiger partial charge on any atom is -0.472 e. The molecule has 0 spiro atoms. The Morgan fingerprint density at radius 2 is 2.00 bits per heavy atom. The van der Waals surface area contributed by atoms with E-state index in [0.29, 0.717) is 46.7 Å². The molecule has 12 heteroatoms. The fourth-order valence-corrected chi connectivity index (χ4v) is 4.42. The maximum Gasteiger partial charge on any atom is 0.410 e. The molecule has 1 saturated heterocycles. The predicted octanol–water partition coefficient (Wildman–Crippen LogP) is 4.41. The van der Waals surface area contributed by atoms with Gasteiger partial charge in [-0.15, -0.1) is 0 Å². The Labute approximate surface area is 213 Å². The second-order valence-corrected chi connectivity index (χ2v) is 10.1. The number of carbonyl (C=O) groups is 2.